The van der Waals surface area contributed by atoms with Gasteiger partial charge in [0, 0.05) is 12.5 Å². The third kappa shape index (κ3) is 5.41. The van der Waals surface area contributed by atoms with E-state index >= 15 is 0 Å². The molecule has 2 atom stereocenters. The topological polar surface area (TPSA) is 46.6 Å². The van der Waals surface area contributed by atoms with Gasteiger partial charge in [0.2, 0.25) is 0 Å². The number of piperidine rings is 1. The van der Waals surface area contributed by atoms with Crippen LogP contribution in [0.5, 0.6) is 0 Å². The number of nitrogens with zero attached hydrogens (tertiary/aromatic N) is 1. The summed E-state index contributed by atoms with van der Waals surface area (Å²) in [6.45, 7) is 5.43. The molecule has 5 heteroatoms. The SMILES string of the molecule is CCCCN1CC[C@@H](c2ccccc2)[C@@H](COS(=O)(=O)c2ccccc2)C1. The molecule has 0 spiro atoms. The van der Waals surface area contributed by atoms with E-state index in [0.29, 0.717) is 5.92 Å². The summed E-state index contributed by atoms with van der Waals surface area (Å²) in [5.74, 6) is 0.492. The van der Waals surface area contributed by atoms with Crippen molar-refractivity contribution < 1.29 is 12.6 Å². The van der Waals surface area contributed by atoms with Gasteiger partial charge >= 0.3 is 0 Å². The lowest BCUT2D eigenvalue weighted by Crippen LogP contribution is -2.42. The number of hydrogen-bond donors (Lipinski definition) is 0. The first-order chi connectivity index (χ1) is 13.1. The summed E-state index contributed by atoms with van der Waals surface area (Å²) in [5.41, 5.74) is 1.28. The van der Waals surface area contributed by atoms with Crippen LogP contribution in [0.3, 0.4) is 0 Å². The smallest absolute Gasteiger partial charge is 0.296 e. The maximum absolute atomic E-state index is 12.5. The molecule has 0 unspecified atom stereocenters. The predicted molar refractivity (Wildman–Crippen MR) is 108 cm³/mol. The van der Waals surface area contributed by atoms with Gasteiger partial charge in [-0.25, -0.2) is 0 Å². The van der Waals surface area contributed by atoms with Crippen LogP contribution in [-0.4, -0.2) is 39.6 Å². The third-order valence-corrected chi connectivity index (χ3v) is 6.64. The van der Waals surface area contributed by atoms with Crippen LogP contribution in [0.25, 0.3) is 0 Å². The van der Waals surface area contributed by atoms with Crippen molar-refractivity contribution in [3.63, 3.8) is 0 Å². The Morgan fingerprint density at radius 1 is 1.04 bits per heavy atom. The summed E-state index contributed by atoms with van der Waals surface area (Å²) in [6.07, 6.45) is 3.38. The van der Waals surface area contributed by atoms with E-state index < -0.39 is 10.1 Å². The summed E-state index contributed by atoms with van der Waals surface area (Å²) in [7, 11) is -3.72. The minimum atomic E-state index is -3.72. The number of benzene rings is 2. The number of likely N-dealkylation sites (tertiary alicyclic amines) is 1. The second kappa shape index (κ2) is 9.49. The van der Waals surface area contributed by atoms with Gasteiger partial charge in [-0.3, -0.25) is 4.18 Å². The zero-order valence-electron chi connectivity index (χ0n) is 16.0. The Bertz CT molecular complexity index is 793. The van der Waals surface area contributed by atoms with Gasteiger partial charge in [-0.2, -0.15) is 8.42 Å². The van der Waals surface area contributed by atoms with Gasteiger partial charge < -0.3 is 4.90 Å². The van der Waals surface area contributed by atoms with Gasteiger partial charge in [-0.05, 0) is 49.5 Å². The first kappa shape index (κ1) is 20.1. The van der Waals surface area contributed by atoms with E-state index in [1.165, 1.54) is 18.4 Å². The second-order valence-electron chi connectivity index (χ2n) is 7.27. The molecule has 146 valence electrons. The Morgan fingerprint density at radius 2 is 1.70 bits per heavy atom. The maximum atomic E-state index is 12.5. The van der Waals surface area contributed by atoms with Crippen molar-refractivity contribution in [1.82, 2.24) is 4.90 Å². The Balaban J connectivity index is 1.72. The second-order valence-corrected chi connectivity index (χ2v) is 8.89. The molecule has 0 aliphatic carbocycles. The van der Waals surface area contributed by atoms with E-state index in [2.05, 4.69) is 36.1 Å². The van der Waals surface area contributed by atoms with Gasteiger partial charge in [0.15, 0.2) is 0 Å². The van der Waals surface area contributed by atoms with Gasteiger partial charge in [-0.1, -0.05) is 61.9 Å². The molecular formula is C22H29NO3S. The lowest BCUT2D eigenvalue weighted by Gasteiger charge is -2.38. The Hall–Kier alpha value is -1.69. The van der Waals surface area contributed by atoms with Crippen LogP contribution >= 0.6 is 0 Å². The standard InChI is InChI=1S/C22H29NO3S/c1-2-3-15-23-16-14-22(19-10-6-4-7-11-19)20(17-23)18-26-27(24,25)21-12-8-5-9-13-21/h4-13,20,22H,2-3,14-18H2,1H3/t20-,22+/m1/s1. The van der Waals surface area contributed by atoms with Crippen molar-refractivity contribution in [1.29, 1.82) is 0 Å². The fraction of sp³-hybridized carbons (Fsp3) is 0.455. The van der Waals surface area contributed by atoms with E-state index in [9.17, 15) is 8.42 Å². The Labute approximate surface area is 163 Å². The normalized spacial score (nSPS) is 21.2. The van der Waals surface area contributed by atoms with Crippen LogP contribution in [0, 0.1) is 5.92 Å². The van der Waals surface area contributed by atoms with Gasteiger partial charge in [0.05, 0.1) is 11.5 Å². The van der Waals surface area contributed by atoms with E-state index in [0.717, 1.165) is 26.1 Å². The van der Waals surface area contributed by atoms with E-state index in [-0.39, 0.29) is 17.4 Å². The minimum Gasteiger partial charge on any atom is -0.303 e. The minimum absolute atomic E-state index is 0.163. The highest BCUT2D eigenvalue weighted by Gasteiger charge is 2.31. The molecule has 3 rings (SSSR count). The highest BCUT2D eigenvalue weighted by Crippen LogP contribution is 2.34. The number of rotatable bonds is 8. The molecule has 27 heavy (non-hydrogen) atoms. The van der Waals surface area contributed by atoms with E-state index in [4.69, 9.17) is 4.18 Å². The lowest BCUT2D eigenvalue weighted by molar-refractivity contribution is 0.112. The summed E-state index contributed by atoms with van der Waals surface area (Å²) in [4.78, 5) is 2.67. The quantitative estimate of drug-likeness (QED) is 0.634. The molecule has 1 aliphatic heterocycles. The van der Waals surface area contributed by atoms with Gasteiger partial charge in [0.1, 0.15) is 0 Å². The van der Waals surface area contributed by atoms with Crippen LogP contribution < -0.4 is 0 Å². The molecule has 0 saturated carbocycles. The molecule has 1 saturated heterocycles. The fourth-order valence-electron chi connectivity index (χ4n) is 3.83. The third-order valence-electron chi connectivity index (χ3n) is 5.34. The molecule has 1 heterocycles. The zero-order chi connectivity index (χ0) is 19.1. The molecule has 0 amide bonds. The molecular weight excluding hydrogens is 358 g/mol. The Morgan fingerprint density at radius 3 is 2.37 bits per heavy atom. The van der Waals surface area contributed by atoms with Crippen molar-refractivity contribution in [2.75, 3.05) is 26.2 Å². The summed E-state index contributed by atoms with van der Waals surface area (Å²) >= 11 is 0. The molecule has 0 bridgehead atoms. The molecule has 2 aromatic rings. The predicted octanol–water partition coefficient (Wildman–Crippen LogP) is 4.30. The molecule has 1 aliphatic rings. The first-order valence-electron chi connectivity index (χ1n) is 9.82. The summed E-state index contributed by atoms with van der Waals surface area (Å²) in [6, 6.07) is 18.8. The molecule has 0 N–H and O–H groups in total. The van der Waals surface area contributed by atoms with Crippen molar-refractivity contribution in [3.8, 4) is 0 Å². The largest absolute Gasteiger partial charge is 0.303 e. The van der Waals surface area contributed by atoms with Crippen molar-refractivity contribution >= 4 is 10.1 Å². The molecule has 0 aromatic heterocycles. The Kier molecular flexibility index (Phi) is 7.05. The van der Waals surface area contributed by atoms with Crippen molar-refractivity contribution in [3.05, 3.63) is 66.2 Å². The highest BCUT2D eigenvalue weighted by atomic mass is 32.2. The summed E-state index contributed by atoms with van der Waals surface area (Å²) < 4.78 is 30.6. The molecule has 1 fully saturated rings. The van der Waals surface area contributed by atoms with Crippen LogP contribution in [0.4, 0.5) is 0 Å². The monoisotopic (exact) mass is 387 g/mol. The van der Waals surface area contributed by atoms with E-state index in [1.807, 2.05) is 6.07 Å². The van der Waals surface area contributed by atoms with Crippen LogP contribution in [0.1, 0.15) is 37.7 Å². The van der Waals surface area contributed by atoms with Crippen LogP contribution in [-0.2, 0) is 14.3 Å². The van der Waals surface area contributed by atoms with Gasteiger partial charge in [-0.15, -0.1) is 0 Å². The first-order valence-corrected chi connectivity index (χ1v) is 11.2. The maximum Gasteiger partial charge on any atom is 0.296 e. The average Bonchev–Trinajstić information content (AvgIpc) is 2.72. The van der Waals surface area contributed by atoms with Gasteiger partial charge in [0.25, 0.3) is 10.1 Å². The van der Waals surface area contributed by atoms with Crippen LogP contribution in [0.2, 0.25) is 0 Å². The molecule has 4 nitrogen and oxygen atoms in total. The number of unbranched alkanes of at least 4 members (excludes halogenated alkanes) is 1. The molecule has 2 aromatic carbocycles. The zero-order valence-corrected chi connectivity index (χ0v) is 16.8. The number of hydrogen-bond acceptors (Lipinski definition) is 4. The molecule has 0 radical (unpaired) electrons. The summed E-state index contributed by atoms with van der Waals surface area (Å²) in [5, 5.41) is 0. The van der Waals surface area contributed by atoms with E-state index in [1.54, 1.807) is 30.3 Å². The average molecular weight is 388 g/mol. The lowest BCUT2D eigenvalue weighted by atomic mass is 9.81. The van der Waals surface area contributed by atoms with Crippen molar-refractivity contribution in [2.24, 2.45) is 5.92 Å². The van der Waals surface area contributed by atoms with Crippen LogP contribution in [0.15, 0.2) is 65.6 Å². The highest BCUT2D eigenvalue weighted by molar-refractivity contribution is 7.86. The van der Waals surface area contributed by atoms with Crippen molar-refractivity contribution in [2.45, 2.75) is 37.0 Å². The fourth-order valence-corrected chi connectivity index (χ4v) is 4.81.